The maximum absolute atomic E-state index is 13.1. The Kier molecular flexibility index (Phi) is 11.5. The Labute approximate surface area is 293 Å². The molecule has 9 atom stereocenters. The SMILES string of the molecule is CCCCN/C(=C(/C)CC)C1(CC)CCC(CC)C1C1CCC2C3(C)CCC(OC(=O)CC(C)(C)C)C(C)(C)C3CCC2(C)C1(C)C. The summed E-state index contributed by atoms with van der Waals surface area (Å²) in [5, 5.41) is 4.14. The molecule has 1 N–H and O–H groups in total. The molecule has 0 heterocycles. The molecule has 272 valence electrons. The van der Waals surface area contributed by atoms with Crippen LogP contribution in [0.5, 0.6) is 0 Å². The van der Waals surface area contributed by atoms with Gasteiger partial charge in [-0.3, -0.25) is 4.79 Å². The fraction of sp³-hybridized carbons (Fsp3) is 0.932. The highest BCUT2D eigenvalue weighted by Crippen LogP contribution is 2.75. The Hall–Kier alpha value is -0.990. The summed E-state index contributed by atoms with van der Waals surface area (Å²) in [5.41, 5.74) is 4.37. The van der Waals surface area contributed by atoms with Crippen molar-refractivity contribution in [1.29, 1.82) is 0 Å². The van der Waals surface area contributed by atoms with E-state index in [0.717, 1.165) is 43.1 Å². The van der Waals surface area contributed by atoms with E-state index in [-0.39, 0.29) is 33.7 Å². The van der Waals surface area contributed by atoms with Gasteiger partial charge < -0.3 is 10.1 Å². The van der Waals surface area contributed by atoms with Gasteiger partial charge in [0, 0.05) is 23.1 Å². The van der Waals surface area contributed by atoms with Crippen molar-refractivity contribution in [2.45, 2.75) is 193 Å². The second kappa shape index (κ2) is 14.0. The summed E-state index contributed by atoms with van der Waals surface area (Å²) in [6.45, 7) is 35.4. The third-order valence-electron chi connectivity index (χ3n) is 16.1. The van der Waals surface area contributed by atoms with Crippen LogP contribution in [0.2, 0.25) is 0 Å². The van der Waals surface area contributed by atoms with Gasteiger partial charge in [0.1, 0.15) is 6.10 Å². The summed E-state index contributed by atoms with van der Waals surface area (Å²) in [4.78, 5) is 13.1. The summed E-state index contributed by atoms with van der Waals surface area (Å²) in [5.74, 6) is 3.62. The largest absolute Gasteiger partial charge is 0.462 e. The molecular formula is C44H79NO2. The topological polar surface area (TPSA) is 38.3 Å². The molecule has 0 bridgehead atoms. The van der Waals surface area contributed by atoms with Gasteiger partial charge in [-0.1, -0.05) is 108 Å². The monoisotopic (exact) mass is 654 g/mol. The van der Waals surface area contributed by atoms with Crippen molar-refractivity contribution in [3.05, 3.63) is 11.3 Å². The van der Waals surface area contributed by atoms with E-state index in [9.17, 15) is 4.79 Å². The van der Waals surface area contributed by atoms with Crippen molar-refractivity contribution < 1.29 is 9.53 Å². The molecule has 3 heteroatoms. The molecular weight excluding hydrogens is 574 g/mol. The van der Waals surface area contributed by atoms with Gasteiger partial charge in [-0.25, -0.2) is 0 Å². The summed E-state index contributed by atoms with van der Waals surface area (Å²) in [7, 11) is 0. The van der Waals surface area contributed by atoms with Crippen LogP contribution in [-0.4, -0.2) is 18.6 Å². The van der Waals surface area contributed by atoms with Crippen LogP contribution in [0.4, 0.5) is 0 Å². The number of hydrogen-bond donors (Lipinski definition) is 1. The zero-order valence-corrected chi connectivity index (χ0v) is 33.9. The molecule has 0 aromatic heterocycles. The lowest BCUT2D eigenvalue weighted by Crippen LogP contribution is -2.65. The minimum Gasteiger partial charge on any atom is -0.462 e. The molecule has 0 radical (unpaired) electrons. The lowest BCUT2D eigenvalue weighted by atomic mass is 9.34. The number of hydrogen-bond acceptors (Lipinski definition) is 3. The number of fused-ring (bicyclic) bond motifs is 3. The summed E-state index contributed by atoms with van der Waals surface area (Å²) in [6.07, 6.45) is 17.0. The minimum atomic E-state index is -0.0376. The highest BCUT2D eigenvalue weighted by molar-refractivity contribution is 5.70. The smallest absolute Gasteiger partial charge is 0.306 e. The van der Waals surface area contributed by atoms with E-state index in [1.54, 1.807) is 11.3 Å². The van der Waals surface area contributed by atoms with E-state index in [2.05, 4.69) is 102 Å². The number of unbranched alkanes of at least 4 members (excludes halogenated alkanes) is 1. The van der Waals surface area contributed by atoms with Gasteiger partial charge in [0.15, 0.2) is 0 Å². The van der Waals surface area contributed by atoms with E-state index >= 15 is 0 Å². The molecule has 0 aromatic rings. The molecule has 4 aliphatic rings. The van der Waals surface area contributed by atoms with Crippen molar-refractivity contribution in [2.75, 3.05) is 6.54 Å². The highest BCUT2D eigenvalue weighted by Gasteiger charge is 2.68. The minimum absolute atomic E-state index is 0.000519. The molecule has 0 aromatic carbocycles. The summed E-state index contributed by atoms with van der Waals surface area (Å²) >= 11 is 0. The molecule has 3 nitrogen and oxygen atoms in total. The van der Waals surface area contributed by atoms with Gasteiger partial charge in [-0.2, -0.15) is 0 Å². The number of allylic oxidation sites excluding steroid dienone is 2. The fourth-order valence-corrected chi connectivity index (χ4v) is 13.2. The highest BCUT2D eigenvalue weighted by atomic mass is 16.5. The first kappa shape index (κ1) is 38.8. The third kappa shape index (κ3) is 6.64. The molecule has 4 rings (SSSR count). The molecule has 0 aliphatic heterocycles. The first-order chi connectivity index (χ1) is 21.8. The second-order valence-corrected chi connectivity index (χ2v) is 20.1. The Balaban J connectivity index is 1.68. The first-order valence-electron chi connectivity index (χ1n) is 20.4. The molecule has 0 amide bonds. The predicted molar refractivity (Wildman–Crippen MR) is 201 cm³/mol. The lowest BCUT2D eigenvalue weighted by Gasteiger charge is -2.71. The van der Waals surface area contributed by atoms with E-state index in [0.29, 0.717) is 23.2 Å². The van der Waals surface area contributed by atoms with E-state index in [1.165, 1.54) is 70.6 Å². The van der Waals surface area contributed by atoms with Crippen LogP contribution < -0.4 is 5.32 Å². The maximum atomic E-state index is 13.1. The van der Waals surface area contributed by atoms with Crippen molar-refractivity contribution in [3.8, 4) is 0 Å². The number of rotatable bonds is 11. The normalized spacial score (nSPS) is 40.2. The van der Waals surface area contributed by atoms with Gasteiger partial charge in [0.2, 0.25) is 0 Å². The zero-order valence-electron chi connectivity index (χ0n) is 33.9. The van der Waals surface area contributed by atoms with Crippen LogP contribution in [0.3, 0.4) is 0 Å². The van der Waals surface area contributed by atoms with Crippen molar-refractivity contribution >= 4 is 5.97 Å². The maximum Gasteiger partial charge on any atom is 0.306 e. The second-order valence-electron chi connectivity index (χ2n) is 20.1. The van der Waals surface area contributed by atoms with Crippen molar-refractivity contribution in [3.63, 3.8) is 0 Å². The fourth-order valence-electron chi connectivity index (χ4n) is 13.2. The van der Waals surface area contributed by atoms with Crippen LogP contribution in [0.25, 0.3) is 0 Å². The van der Waals surface area contributed by atoms with Gasteiger partial charge in [-0.15, -0.1) is 0 Å². The van der Waals surface area contributed by atoms with Gasteiger partial charge in [0.25, 0.3) is 0 Å². The molecule has 4 saturated carbocycles. The van der Waals surface area contributed by atoms with Crippen LogP contribution in [0, 0.1) is 62.1 Å². The molecule has 47 heavy (non-hydrogen) atoms. The van der Waals surface area contributed by atoms with Crippen LogP contribution in [0.15, 0.2) is 11.3 Å². The molecule has 4 fully saturated rings. The summed E-state index contributed by atoms with van der Waals surface area (Å²) < 4.78 is 6.36. The molecule has 9 unspecified atom stereocenters. The average Bonchev–Trinajstić information content (AvgIpc) is 3.35. The summed E-state index contributed by atoms with van der Waals surface area (Å²) in [6, 6.07) is 0. The standard InChI is InChI=1S/C44H79NO2/c1-15-19-28-45-38(30(5)16-2)44(18-4)27-22-31(17-3)37(44)32-20-21-34-42(13)25-24-35(47-36(46)29-39(6,7)8)40(9,10)33(42)23-26-43(34,14)41(32,11)12/h31-35,37,45H,15-29H2,1-14H3/b38-30-. The van der Waals surface area contributed by atoms with E-state index in [1.807, 2.05) is 0 Å². The van der Waals surface area contributed by atoms with E-state index < -0.39 is 0 Å². The number of esters is 1. The van der Waals surface area contributed by atoms with Gasteiger partial charge in [-0.05, 0) is 129 Å². The lowest BCUT2D eigenvalue weighted by molar-refractivity contribution is -0.234. The quantitative estimate of drug-likeness (QED) is 0.178. The van der Waals surface area contributed by atoms with E-state index in [4.69, 9.17) is 4.74 Å². The third-order valence-corrected chi connectivity index (χ3v) is 16.1. The van der Waals surface area contributed by atoms with Crippen molar-refractivity contribution in [2.24, 2.45) is 62.1 Å². The first-order valence-corrected chi connectivity index (χ1v) is 20.4. The number of nitrogens with one attached hydrogen (secondary N) is 1. The Morgan fingerprint density at radius 3 is 2.11 bits per heavy atom. The molecule has 4 aliphatic carbocycles. The molecule has 0 saturated heterocycles. The van der Waals surface area contributed by atoms with Gasteiger partial charge in [0.05, 0.1) is 6.42 Å². The number of carbonyl (C=O) groups is 1. The van der Waals surface area contributed by atoms with Crippen molar-refractivity contribution in [1.82, 2.24) is 5.32 Å². The number of ether oxygens (including phenoxy) is 1. The number of carbonyl (C=O) groups excluding carboxylic acids is 1. The average molecular weight is 654 g/mol. The van der Waals surface area contributed by atoms with Crippen LogP contribution in [0.1, 0.15) is 187 Å². The Morgan fingerprint density at radius 2 is 1.53 bits per heavy atom. The zero-order chi connectivity index (χ0) is 35.2. The van der Waals surface area contributed by atoms with Crippen LogP contribution in [-0.2, 0) is 9.53 Å². The Bertz CT molecular complexity index is 1130. The molecule has 0 spiro atoms. The Morgan fingerprint density at radius 1 is 0.851 bits per heavy atom. The van der Waals surface area contributed by atoms with Gasteiger partial charge >= 0.3 is 5.97 Å². The predicted octanol–water partition coefficient (Wildman–Crippen LogP) is 12.5. The van der Waals surface area contributed by atoms with Crippen LogP contribution >= 0.6 is 0 Å².